The fourth-order valence-electron chi connectivity index (χ4n) is 4.42. The Morgan fingerprint density at radius 3 is 1.62 bits per heavy atom. The number of aryl methyl sites for hydroxylation is 2. The highest BCUT2D eigenvalue weighted by molar-refractivity contribution is 6.33. The zero-order chi connectivity index (χ0) is 23.9. The zero-order valence-electron chi connectivity index (χ0n) is 20.1. The van der Waals surface area contributed by atoms with Crippen LogP contribution >= 0.6 is 11.6 Å². The number of rotatable bonds is 9. The van der Waals surface area contributed by atoms with Crippen LogP contribution < -0.4 is 0 Å². The third-order valence-corrected chi connectivity index (χ3v) is 6.72. The van der Waals surface area contributed by atoms with Gasteiger partial charge >= 0.3 is 0 Å². The summed E-state index contributed by atoms with van der Waals surface area (Å²) in [6.45, 7) is 4.40. The molecule has 0 unspecified atom stereocenters. The largest absolute Gasteiger partial charge is 0.206 e. The first kappa shape index (κ1) is 24.2. The Morgan fingerprint density at radius 1 is 0.559 bits per heavy atom. The van der Waals surface area contributed by atoms with Crippen LogP contribution in [0.3, 0.4) is 0 Å². The molecule has 4 rings (SSSR count). The lowest BCUT2D eigenvalue weighted by atomic mass is 9.96. The van der Waals surface area contributed by atoms with Crippen LogP contribution in [0.15, 0.2) is 84.9 Å². The highest BCUT2D eigenvalue weighted by Crippen LogP contribution is 2.35. The highest BCUT2D eigenvalue weighted by atomic mass is 35.5. The van der Waals surface area contributed by atoms with Gasteiger partial charge in [-0.2, -0.15) is 0 Å². The van der Waals surface area contributed by atoms with Crippen LogP contribution in [0.4, 0.5) is 4.39 Å². The van der Waals surface area contributed by atoms with Crippen molar-refractivity contribution in [3.63, 3.8) is 0 Å². The Hall–Kier alpha value is -2.90. The van der Waals surface area contributed by atoms with Crippen LogP contribution in [0, 0.1) is 5.82 Å². The summed E-state index contributed by atoms with van der Waals surface area (Å²) < 4.78 is 15.2. The van der Waals surface area contributed by atoms with Gasteiger partial charge in [0.05, 0.1) is 0 Å². The maximum Gasteiger partial charge on any atom is 0.131 e. The van der Waals surface area contributed by atoms with Crippen molar-refractivity contribution in [1.82, 2.24) is 0 Å². The van der Waals surface area contributed by atoms with Gasteiger partial charge in [-0.3, -0.25) is 0 Å². The van der Waals surface area contributed by atoms with Gasteiger partial charge in [0.1, 0.15) is 5.82 Å². The van der Waals surface area contributed by atoms with Crippen LogP contribution in [0.1, 0.15) is 50.7 Å². The van der Waals surface area contributed by atoms with Crippen molar-refractivity contribution in [2.75, 3.05) is 0 Å². The fraction of sp³-hybridized carbons (Fsp3) is 0.250. The normalized spacial score (nSPS) is 11.1. The van der Waals surface area contributed by atoms with Crippen molar-refractivity contribution in [3.8, 4) is 33.4 Å². The first-order valence-electron chi connectivity index (χ1n) is 12.4. The van der Waals surface area contributed by atoms with Gasteiger partial charge < -0.3 is 0 Å². The third kappa shape index (κ3) is 5.77. The molecule has 0 N–H and O–H groups in total. The summed E-state index contributed by atoms with van der Waals surface area (Å²) in [7, 11) is 0. The number of unbranched alkanes of at least 4 members (excludes halogenated alkanes) is 2. The molecule has 4 aromatic carbocycles. The molecule has 0 nitrogen and oxygen atoms in total. The first-order chi connectivity index (χ1) is 16.6. The Morgan fingerprint density at radius 2 is 1.09 bits per heavy atom. The fourth-order valence-corrected chi connectivity index (χ4v) is 4.70. The SMILES string of the molecule is CCCCCc1ccc(-c2ccc(-c3ccc(-c4ccc(CCC)cc4)cc3Cl)c(F)c2)cc1. The third-order valence-electron chi connectivity index (χ3n) is 6.41. The van der Waals surface area contributed by atoms with E-state index in [0.717, 1.165) is 41.5 Å². The van der Waals surface area contributed by atoms with Crippen LogP contribution in [0.25, 0.3) is 33.4 Å². The van der Waals surface area contributed by atoms with Gasteiger partial charge in [-0.1, -0.05) is 118 Å². The van der Waals surface area contributed by atoms with E-state index in [1.165, 1.54) is 30.4 Å². The van der Waals surface area contributed by atoms with E-state index in [9.17, 15) is 0 Å². The summed E-state index contributed by atoms with van der Waals surface area (Å²) in [6, 6.07) is 28.3. The van der Waals surface area contributed by atoms with E-state index < -0.39 is 0 Å². The molecule has 0 saturated carbocycles. The number of hydrogen-bond acceptors (Lipinski definition) is 0. The maximum absolute atomic E-state index is 15.2. The molecule has 0 fully saturated rings. The Labute approximate surface area is 208 Å². The van der Waals surface area contributed by atoms with E-state index in [0.29, 0.717) is 16.1 Å². The maximum atomic E-state index is 15.2. The summed E-state index contributed by atoms with van der Waals surface area (Å²) in [6.07, 6.45) is 7.00. The topological polar surface area (TPSA) is 0 Å². The molecule has 0 aliphatic heterocycles. The molecule has 0 heterocycles. The molecular formula is C32H32ClF. The number of benzene rings is 4. The van der Waals surface area contributed by atoms with Gasteiger partial charge in [-0.05, 0) is 64.8 Å². The summed E-state index contributed by atoms with van der Waals surface area (Å²) in [4.78, 5) is 0. The summed E-state index contributed by atoms with van der Waals surface area (Å²) in [5, 5.41) is 0.554. The molecule has 0 bridgehead atoms. The molecule has 0 aromatic heterocycles. The second-order valence-corrected chi connectivity index (χ2v) is 9.40. The number of hydrogen-bond donors (Lipinski definition) is 0. The predicted molar refractivity (Wildman–Crippen MR) is 145 cm³/mol. The van der Waals surface area contributed by atoms with Crippen molar-refractivity contribution in [1.29, 1.82) is 0 Å². The van der Waals surface area contributed by atoms with Gasteiger partial charge in [0.25, 0.3) is 0 Å². The number of halogens is 2. The van der Waals surface area contributed by atoms with Gasteiger partial charge in [0, 0.05) is 16.1 Å². The minimum absolute atomic E-state index is 0.261. The molecule has 0 spiro atoms. The van der Waals surface area contributed by atoms with E-state index in [-0.39, 0.29) is 5.82 Å². The van der Waals surface area contributed by atoms with Crippen molar-refractivity contribution in [2.24, 2.45) is 0 Å². The summed E-state index contributed by atoms with van der Waals surface area (Å²) >= 11 is 6.63. The Bertz CT molecular complexity index is 1220. The monoisotopic (exact) mass is 470 g/mol. The van der Waals surface area contributed by atoms with Crippen molar-refractivity contribution in [3.05, 3.63) is 107 Å². The summed E-state index contributed by atoms with van der Waals surface area (Å²) in [5.74, 6) is -0.261. The molecule has 0 amide bonds. The van der Waals surface area contributed by atoms with Gasteiger partial charge in [0.15, 0.2) is 0 Å². The quantitative estimate of drug-likeness (QED) is 0.213. The van der Waals surface area contributed by atoms with Crippen LogP contribution in [-0.4, -0.2) is 0 Å². The lowest BCUT2D eigenvalue weighted by molar-refractivity contribution is 0.632. The molecule has 0 aliphatic rings. The summed E-state index contributed by atoms with van der Waals surface area (Å²) in [5.41, 5.74) is 7.95. The van der Waals surface area contributed by atoms with E-state index in [4.69, 9.17) is 11.6 Å². The van der Waals surface area contributed by atoms with Crippen molar-refractivity contribution in [2.45, 2.75) is 52.4 Å². The molecular weight excluding hydrogens is 439 g/mol. The molecule has 0 atom stereocenters. The second-order valence-electron chi connectivity index (χ2n) is 8.99. The Kier molecular flexibility index (Phi) is 8.19. The van der Waals surface area contributed by atoms with Crippen LogP contribution in [0.5, 0.6) is 0 Å². The van der Waals surface area contributed by atoms with E-state index in [1.54, 1.807) is 6.07 Å². The molecule has 0 radical (unpaired) electrons. The minimum Gasteiger partial charge on any atom is -0.206 e. The molecule has 174 valence electrons. The zero-order valence-corrected chi connectivity index (χ0v) is 20.8. The predicted octanol–water partition coefficient (Wildman–Crippen LogP) is 10.2. The molecule has 34 heavy (non-hydrogen) atoms. The highest BCUT2D eigenvalue weighted by Gasteiger charge is 2.12. The van der Waals surface area contributed by atoms with Crippen LogP contribution in [0.2, 0.25) is 5.02 Å². The molecule has 4 aromatic rings. The van der Waals surface area contributed by atoms with E-state index >= 15 is 4.39 Å². The average molecular weight is 471 g/mol. The van der Waals surface area contributed by atoms with Gasteiger partial charge in [0.2, 0.25) is 0 Å². The van der Waals surface area contributed by atoms with E-state index in [2.05, 4.69) is 62.4 Å². The standard InChI is InChI=1S/C32H32ClF/c1-3-5-6-8-24-11-15-26(16-12-24)28-18-20-30(32(34)22-28)29-19-17-27(21-31(29)33)25-13-9-23(7-4-2)10-14-25/h9-22H,3-8H2,1-2H3. The van der Waals surface area contributed by atoms with Crippen molar-refractivity contribution < 1.29 is 4.39 Å². The molecule has 0 aliphatic carbocycles. The Balaban J connectivity index is 1.53. The first-order valence-corrected chi connectivity index (χ1v) is 12.7. The average Bonchev–Trinajstić information content (AvgIpc) is 2.86. The molecule has 2 heteroatoms. The van der Waals surface area contributed by atoms with Crippen LogP contribution in [-0.2, 0) is 12.8 Å². The smallest absolute Gasteiger partial charge is 0.131 e. The van der Waals surface area contributed by atoms with Gasteiger partial charge in [-0.25, -0.2) is 4.39 Å². The lowest BCUT2D eigenvalue weighted by Crippen LogP contribution is -1.90. The van der Waals surface area contributed by atoms with Crippen molar-refractivity contribution >= 4 is 11.6 Å². The van der Waals surface area contributed by atoms with E-state index in [1.807, 2.05) is 30.3 Å². The lowest BCUT2D eigenvalue weighted by Gasteiger charge is -2.11. The minimum atomic E-state index is -0.261. The molecule has 0 saturated heterocycles. The second kappa shape index (κ2) is 11.5. The van der Waals surface area contributed by atoms with Gasteiger partial charge in [-0.15, -0.1) is 0 Å².